The highest BCUT2D eigenvalue weighted by Crippen LogP contribution is 2.13. The third-order valence-corrected chi connectivity index (χ3v) is 4.13. The molecule has 2 rings (SSSR count). The van der Waals surface area contributed by atoms with E-state index in [1.54, 1.807) is 7.11 Å². The van der Waals surface area contributed by atoms with Crippen LogP contribution in [0, 0.1) is 10.5 Å². The smallest absolute Gasteiger partial charge is 0.118 e. The van der Waals surface area contributed by atoms with E-state index >= 15 is 0 Å². The average molecular weight is 422 g/mol. The molecule has 0 fully saturated rings. The van der Waals surface area contributed by atoms with Crippen molar-refractivity contribution in [1.29, 1.82) is 0 Å². The number of methoxy groups -OCH3 is 1. The van der Waals surface area contributed by atoms with E-state index in [4.69, 9.17) is 4.74 Å². The highest BCUT2D eigenvalue weighted by molar-refractivity contribution is 14.1. The molecule has 0 saturated carbocycles. The molecule has 0 aromatic heterocycles. The molecule has 124 valence electrons. The first-order valence-electron chi connectivity index (χ1n) is 8.18. The molecule has 1 nitrogen and oxygen atoms in total. The Hall–Kier alpha value is -1.29. The summed E-state index contributed by atoms with van der Waals surface area (Å²) in [6.45, 7) is 4.32. The zero-order valence-corrected chi connectivity index (χ0v) is 16.5. The largest absolute Gasteiger partial charge is 0.497 e. The fourth-order valence-corrected chi connectivity index (χ4v) is 2.34. The fraction of sp³-hybridized carbons (Fsp3) is 0.333. The van der Waals surface area contributed by atoms with E-state index in [1.165, 1.54) is 40.4 Å². The first-order chi connectivity index (χ1) is 11.2. The molecule has 0 aliphatic carbocycles. The van der Waals surface area contributed by atoms with Gasteiger partial charge >= 0.3 is 0 Å². The van der Waals surface area contributed by atoms with Crippen LogP contribution in [-0.2, 0) is 0 Å². The topological polar surface area (TPSA) is 9.23 Å². The molecule has 2 heteroatoms. The number of halogens is 1. The third-order valence-electron chi connectivity index (χ3n) is 3.41. The molecule has 0 saturated heterocycles. The van der Waals surface area contributed by atoms with Crippen LogP contribution < -0.4 is 4.74 Å². The highest BCUT2D eigenvalue weighted by atomic mass is 127. The number of hydrogen-bond acceptors (Lipinski definition) is 1. The zero-order valence-electron chi connectivity index (χ0n) is 14.4. The summed E-state index contributed by atoms with van der Waals surface area (Å²) in [5.41, 5.74) is 2.57. The van der Waals surface area contributed by atoms with Crippen molar-refractivity contribution in [2.24, 2.45) is 0 Å². The van der Waals surface area contributed by atoms with Crippen LogP contribution in [-0.4, -0.2) is 7.11 Å². The van der Waals surface area contributed by atoms with Gasteiger partial charge < -0.3 is 4.74 Å². The second-order valence-electron chi connectivity index (χ2n) is 5.47. The van der Waals surface area contributed by atoms with Crippen LogP contribution >= 0.6 is 22.6 Å². The number of rotatable bonds is 6. The maximum atomic E-state index is 5.10. The van der Waals surface area contributed by atoms with Crippen LogP contribution in [0.1, 0.15) is 43.7 Å². The molecule has 0 N–H and O–H groups in total. The van der Waals surface area contributed by atoms with Crippen molar-refractivity contribution in [2.45, 2.75) is 39.5 Å². The van der Waals surface area contributed by atoms with Crippen molar-refractivity contribution in [1.82, 2.24) is 0 Å². The summed E-state index contributed by atoms with van der Waals surface area (Å²) >= 11 is 2.30. The molecule has 0 aliphatic heterocycles. The molecule has 0 radical (unpaired) electrons. The maximum Gasteiger partial charge on any atom is 0.118 e. The quantitative estimate of drug-likeness (QED) is 0.364. The normalized spacial score (nSPS) is 10.3. The average Bonchev–Trinajstić information content (AvgIpc) is 2.58. The molecular weight excluding hydrogens is 395 g/mol. The SMILES string of the molecule is CCCCC/C=C\c1ccc(OC)cc1.Cc1ccc(I)cc1. The van der Waals surface area contributed by atoms with Gasteiger partial charge in [0.05, 0.1) is 7.11 Å². The maximum absolute atomic E-state index is 5.10. The lowest BCUT2D eigenvalue weighted by Gasteiger charge is -1.99. The standard InChI is InChI=1S/C14H20O.C7H7I/c1-3-4-5-6-7-8-13-9-11-14(15-2)12-10-13;1-6-2-4-7(8)5-3-6/h7-12H,3-6H2,1-2H3;2-5H,1H3/b8-7-;. The van der Waals surface area contributed by atoms with Crippen LogP contribution in [0.5, 0.6) is 5.75 Å². The molecule has 23 heavy (non-hydrogen) atoms. The highest BCUT2D eigenvalue weighted by Gasteiger charge is 1.89. The van der Waals surface area contributed by atoms with Gasteiger partial charge in [0.2, 0.25) is 0 Å². The Morgan fingerprint density at radius 3 is 2.13 bits per heavy atom. The lowest BCUT2D eigenvalue weighted by Crippen LogP contribution is -1.81. The summed E-state index contributed by atoms with van der Waals surface area (Å²) < 4.78 is 6.40. The Bertz CT molecular complexity index is 534. The lowest BCUT2D eigenvalue weighted by atomic mass is 10.1. The summed E-state index contributed by atoms with van der Waals surface area (Å²) in [6.07, 6.45) is 9.51. The van der Waals surface area contributed by atoms with Crippen LogP contribution in [0.2, 0.25) is 0 Å². The number of aryl methyl sites for hydroxylation is 1. The Morgan fingerprint density at radius 2 is 1.61 bits per heavy atom. The second kappa shape index (κ2) is 12.2. The molecule has 0 spiro atoms. The van der Waals surface area contributed by atoms with Gasteiger partial charge in [0, 0.05) is 3.57 Å². The summed E-state index contributed by atoms with van der Waals surface area (Å²) in [4.78, 5) is 0. The van der Waals surface area contributed by atoms with Crippen molar-refractivity contribution in [3.8, 4) is 5.75 Å². The monoisotopic (exact) mass is 422 g/mol. The van der Waals surface area contributed by atoms with Gasteiger partial charge in [-0.05, 0) is 72.2 Å². The number of ether oxygens (including phenoxy) is 1. The van der Waals surface area contributed by atoms with Crippen LogP contribution in [0.15, 0.2) is 54.6 Å². The van der Waals surface area contributed by atoms with Crippen molar-refractivity contribution in [2.75, 3.05) is 7.11 Å². The van der Waals surface area contributed by atoms with Gasteiger partial charge in [-0.1, -0.05) is 61.7 Å². The summed E-state index contributed by atoms with van der Waals surface area (Å²) in [5, 5.41) is 0. The Kier molecular flexibility index (Phi) is 10.5. The van der Waals surface area contributed by atoms with Crippen molar-refractivity contribution in [3.05, 3.63) is 69.3 Å². The van der Waals surface area contributed by atoms with Gasteiger partial charge in [0.15, 0.2) is 0 Å². The molecule has 0 unspecified atom stereocenters. The van der Waals surface area contributed by atoms with Gasteiger partial charge in [-0.3, -0.25) is 0 Å². The van der Waals surface area contributed by atoms with Crippen LogP contribution in [0.4, 0.5) is 0 Å². The second-order valence-corrected chi connectivity index (χ2v) is 6.71. The molecule has 0 bridgehead atoms. The predicted molar refractivity (Wildman–Crippen MR) is 110 cm³/mol. The van der Waals surface area contributed by atoms with E-state index < -0.39 is 0 Å². The summed E-state index contributed by atoms with van der Waals surface area (Å²) in [5.74, 6) is 0.915. The molecular formula is C21H27IO. The van der Waals surface area contributed by atoms with Crippen molar-refractivity contribution < 1.29 is 4.74 Å². The fourth-order valence-electron chi connectivity index (χ4n) is 1.98. The molecule has 0 atom stereocenters. The number of benzene rings is 2. The molecule has 0 heterocycles. The Balaban J connectivity index is 0.000000277. The van der Waals surface area contributed by atoms with E-state index in [2.05, 4.69) is 85.0 Å². The lowest BCUT2D eigenvalue weighted by molar-refractivity contribution is 0.415. The molecule has 2 aromatic rings. The number of unbranched alkanes of at least 4 members (excludes halogenated alkanes) is 3. The van der Waals surface area contributed by atoms with E-state index in [9.17, 15) is 0 Å². The molecule has 0 aliphatic rings. The molecule has 2 aromatic carbocycles. The predicted octanol–water partition coefficient (Wildman–Crippen LogP) is 6.89. The van der Waals surface area contributed by atoms with Crippen LogP contribution in [0.3, 0.4) is 0 Å². The van der Waals surface area contributed by atoms with E-state index in [0.29, 0.717) is 0 Å². The van der Waals surface area contributed by atoms with E-state index in [0.717, 1.165) is 5.75 Å². The van der Waals surface area contributed by atoms with Gasteiger partial charge in [-0.15, -0.1) is 0 Å². The number of hydrogen-bond donors (Lipinski definition) is 0. The minimum atomic E-state index is 0.915. The minimum absolute atomic E-state index is 0.915. The van der Waals surface area contributed by atoms with Crippen molar-refractivity contribution >= 4 is 28.7 Å². The van der Waals surface area contributed by atoms with Gasteiger partial charge in [0.1, 0.15) is 5.75 Å². The van der Waals surface area contributed by atoms with E-state index in [-0.39, 0.29) is 0 Å². The zero-order chi connectivity index (χ0) is 16.9. The first kappa shape index (κ1) is 19.8. The van der Waals surface area contributed by atoms with Crippen LogP contribution in [0.25, 0.3) is 6.08 Å². The van der Waals surface area contributed by atoms with E-state index in [1.807, 2.05) is 12.1 Å². The van der Waals surface area contributed by atoms with Crippen molar-refractivity contribution in [3.63, 3.8) is 0 Å². The van der Waals surface area contributed by atoms with Gasteiger partial charge in [0.25, 0.3) is 0 Å². The molecule has 0 amide bonds. The first-order valence-corrected chi connectivity index (χ1v) is 9.26. The third kappa shape index (κ3) is 9.44. The summed E-state index contributed by atoms with van der Waals surface area (Å²) in [7, 11) is 1.69. The summed E-state index contributed by atoms with van der Waals surface area (Å²) in [6, 6.07) is 16.6. The van der Waals surface area contributed by atoms with Gasteiger partial charge in [-0.25, -0.2) is 0 Å². The number of allylic oxidation sites excluding steroid dienone is 1. The van der Waals surface area contributed by atoms with Gasteiger partial charge in [-0.2, -0.15) is 0 Å². The Labute approximate surface area is 154 Å². The Morgan fingerprint density at radius 1 is 0.957 bits per heavy atom. The minimum Gasteiger partial charge on any atom is -0.497 e.